The van der Waals surface area contributed by atoms with Crippen molar-refractivity contribution < 1.29 is 0 Å². The fourth-order valence-electron chi connectivity index (χ4n) is 4.02. The highest BCUT2D eigenvalue weighted by molar-refractivity contribution is 6.20. The molecular weight excluding hydrogens is 206 g/mol. The largest absolute Gasteiger partial charge is 0.313 e. The van der Waals surface area contributed by atoms with Gasteiger partial charge in [-0.1, -0.05) is 12.8 Å². The first-order valence-corrected chi connectivity index (χ1v) is 7.14. The van der Waals surface area contributed by atoms with Gasteiger partial charge in [0.2, 0.25) is 0 Å². The van der Waals surface area contributed by atoms with E-state index in [0.717, 1.165) is 23.8 Å². The average Bonchev–Trinajstić information content (AvgIpc) is 2.90. The lowest BCUT2D eigenvalue weighted by Gasteiger charge is -2.25. The maximum Gasteiger partial charge on any atom is 0.0376 e. The van der Waals surface area contributed by atoms with Crippen molar-refractivity contribution in [2.45, 2.75) is 56.4 Å². The van der Waals surface area contributed by atoms with Gasteiger partial charge in [0.25, 0.3) is 0 Å². The third kappa shape index (κ3) is 2.06. The summed E-state index contributed by atoms with van der Waals surface area (Å²) in [6.07, 6.45) is 9.88. The maximum atomic E-state index is 6.30. The van der Waals surface area contributed by atoms with Crippen LogP contribution in [0, 0.1) is 17.8 Å². The Bertz CT molecular complexity index is 231. The van der Waals surface area contributed by atoms with Gasteiger partial charge in [0.1, 0.15) is 0 Å². The average molecular weight is 228 g/mol. The molecule has 5 atom stereocenters. The first-order chi connectivity index (χ1) is 7.33. The standard InChI is InChI=1S/C13H22ClN/c14-12-3-1-2-11(12)8-15-13-7-9-4-5-10(13)6-9/h9-13,15H,1-8H2. The van der Waals surface area contributed by atoms with Crippen LogP contribution < -0.4 is 5.32 Å². The van der Waals surface area contributed by atoms with Crippen LogP contribution in [0.1, 0.15) is 44.9 Å². The Morgan fingerprint density at radius 1 is 1.07 bits per heavy atom. The minimum absolute atomic E-state index is 0.455. The normalized spacial score (nSPS) is 49.0. The number of fused-ring (bicyclic) bond motifs is 2. The van der Waals surface area contributed by atoms with Crippen LogP contribution in [0.5, 0.6) is 0 Å². The molecule has 0 heterocycles. The fourth-order valence-corrected chi connectivity index (χ4v) is 4.39. The van der Waals surface area contributed by atoms with Crippen LogP contribution in [-0.4, -0.2) is 18.0 Å². The fraction of sp³-hybridized carbons (Fsp3) is 1.00. The Hall–Kier alpha value is 0.250. The summed E-state index contributed by atoms with van der Waals surface area (Å²) in [5.74, 6) is 2.82. The molecule has 2 heteroatoms. The molecular formula is C13H22ClN. The predicted octanol–water partition coefficient (Wildman–Crippen LogP) is 3.17. The highest BCUT2D eigenvalue weighted by Crippen LogP contribution is 2.44. The summed E-state index contributed by atoms with van der Waals surface area (Å²) in [6, 6.07) is 0.841. The molecule has 0 radical (unpaired) electrons. The van der Waals surface area contributed by atoms with Gasteiger partial charge in [0, 0.05) is 11.4 Å². The van der Waals surface area contributed by atoms with Gasteiger partial charge in [-0.3, -0.25) is 0 Å². The van der Waals surface area contributed by atoms with Crippen LogP contribution in [0.15, 0.2) is 0 Å². The Balaban J connectivity index is 1.46. The SMILES string of the molecule is ClC1CCCC1CNC1CC2CCC1C2. The van der Waals surface area contributed by atoms with E-state index in [9.17, 15) is 0 Å². The van der Waals surface area contributed by atoms with Crippen molar-refractivity contribution in [1.82, 2.24) is 5.32 Å². The number of nitrogens with one attached hydrogen (secondary N) is 1. The summed E-state index contributed by atoms with van der Waals surface area (Å²) < 4.78 is 0. The van der Waals surface area contributed by atoms with Gasteiger partial charge in [-0.15, -0.1) is 11.6 Å². The van der Waals surface area contributed by atoms with Gasteiger partial charge in [-0.2, -0.15) is 0 Å². The van der Waals surface area contributed by atoms with E-state index in [4.69, 9.17) is 11.6 Å². The van der Waals surface area contributed by atoms with E-state index in [-0.39, 0.29) is 0 Å². The summed E-state index contributed by atoms with van der Waals surface area (Å²) >= 11 is 6.30. The topological polar surface area (TPSA) is 12.0 Å². The molecule has 86 valence electrons. The van der Waals surface area contributed by atoms with Crippen LogP contribution in [0.3, 0.4) is 0 Å². The molecule has 3 saturated carbocycles. The van der Waals surface area contributed by atoms with Crippen molar-refractivity contribution in [1.29, 1.82) is 0 Å². The smallest absolute Gasteiger partial charge is 0.0376 e. The molecule has 0 aliphatic heterocycles. The molecule has 0 amide bonds. The summed E-state index contributed by atoms with van der Waals surface area (Å²) in [7, 11) is 0. The third-order valence-electron chi connectivity index (χ3n) is 4.95. The summed E-state index contributed by atoms with van der Waals surface area (Å²) in [5.41, 5.74) is 0. The molecule has 1 N–H and O–H groups in total. The molecule has 2 bridgehead atoms. The van der Waals surface area contributed by atoms with Crippen LogP contribution in [0.2, 0.25) is 0 Å². The van der Waals surface area contributed by atoms with Crippen molar-refractivity contribution in [3.63, 3.8) is 0 Å². The Morgan fingerprint density at radius 2 is 2.00 bits per heavy atom. The first kappa shape index (κ1) is 10.4. The molecule has 3 aliphatic carbocycles. The zero-order valence-electron chi connectivity index (χ0n) is 9.42. The highest BCUT2D eigenvalue weighted by Gasteiger charge is 2.39. The molecule has 0 aromatic rings. The van der Waals surface area contributed by atoms with Gasteiger partial charge < -0.3 is 5.32 Å². The Labute approximate surface area is 98.0 Å². The lowest BCUT2D eigenvalue weighted by Crippen LogP contribution is -2.38. The number of hydrogen-bond acceptors (Lipinski definition) is 1. The van der Waals surface area contributed by atoms with E-state index in [1.54, 1.807) is 0 Å². The molecule has 1 nitrogen and oxygen atoms in total. The molecule has 0 spiro atoms. The van der Waals surface area contributed by atoms with Crippen molar-refractivity contribution >= 4 is 11.6 Å². The molecule has 5 unspecified atom stereocenters. The second kappa shape index (κ2) is 4.25. The van der Waals surface area contributed by atoms with E-state index < -0.39 is 0 Å². The summed E-state index contributed by atoms with van der Waals surface area (Å²) in [4.78, 5) is 0. The predicted molar refractivity (Wildman–Crippen MR) is 64.2 cm³/mol. The molecule has 3 fully saturated rings. The van der Waals surface area contributed by atoms with Crippen molar-refractivity contribution in [2.24, 2.45) is 17.8 Å². The van der Waals surface area contributed by atoms with Gasteiger partial charge in [-0.05, 0) is 56.4 Å². The van der Waals surface area contributed by atoms with Gasteiger partial charge >= 0.3 is 0 Å². The van der Waals surface area contributed by atoms with Gasteiger partial charge in [-0.25, -0.2) is 0 Å². The summed E-state index contributed by atoms with van der Waals surface area (Å²) in [5, 5.41) is 4.26. The molecule has 3 rings (SSSR count). The molecule has 0 saturated heterocycles. The first-order valence-electron chi connectivity index (χ1n) is 6.70. The van der Waals surface area contributed by atoms with Crippen molar-refractivity contribution in [3.05, 3.63) is 0 Å². The molecule has 3 aliphatic rings. The minimum atomic E-state index is 0.455. The van der Waals surface area contributed by atoms with E-state index in [0.29, 0.717) is 5.38 Å². The van der Waals surface area contributed by atoms with E-state index in [2.05, 4.69) is 5.32 Å². The summed E-state index contributed by atoms with van der Waals surface area (Å²) in [6.45, 7) is 1.18. The third-order valence-corrected chi connectivity index (χ3v) is 5.52. The lowest BCUT2D eigenvalue weighted by atomic mass is 9.94. The number of halogens is 1. The van der Waals surface area contributed by atoms with Crippen LogP contribution in [-0.2, 0) is 0 Å². The second-order valence-corrected chi connectivity index (χ2v) is 6.46. The molecule has 15 heavy (non-hydrogen) atoms. The zero-order valence-corrected chi connectivity index (χ0v) is 10.2. The molecule has 0 aromatic heterocycles. The Kier molecular flexibility index (Phi) is 2.95. The van der Waals surface area contributed by atoms with E-state index >= 15 is 0 Å². The minimum Gasteiger partial charge on any atom is -0.313 e. The number of rotatable bonds is 3. The van der Waals surface area contributed by atoms with E-state index in [1.165, 1.54) is 51.5 Å². The van der Waals surface area contributed by atoms with Crippen molar-refractivity contribution in [2.75, 3.05) is 6.54 Å². The van der Waals surface area contributed by atoms with Crippen LogP contribution in [0.25, 0.3) is 0 Å². The number of hydrogen-bond donors (Lipinski definition) is 1. The van der Waals surface area contributed by atoms with Gasteiger partial charge in [0.05, 0.1) is 0 Å². The quantitative estimate of drug-likeness (QED) is 0.731. The van der Waals surface area contributed by atoms with Gasteiger partial charge in [0.15, 0.2) is 0 Å². The highest BCUT2D eigenvalue weighted by atomic mass is 35.5. The zero-order chi connectivity index (χ0) is 10.3. The Morgan fingerprint density at radius 3 is 2.60 bits per heavy atom. The van der Waals surface area contributed by atoms with Crippen LogP contribution in [0.4, 0.5) is 0 Å². The molecule has 0 aromatic carbocycles. The maximum absolute atomic E-state index is 6.30. The lowest BCUT2D eigenvalue weighted by molar-refractivity contribution is 0.330. The number of alkyl halides is 1. The van der Waals surface area contributed by atoms with Crippen LogP contribution >= 0.6 is 11.6 Å². The van der Waals surface area contributed by atoms with Crippen molar-refractivity contribution in [3.8, 4) is 0 Å². The monoisotopic (exact) mass is 227 g/mol. The van der Waals surface area contributed by atoms with E-state index in [1.807, 2.05) is 0 Å². The second-order valence-electron chi connectivity index (χ2n) is 5.90.